The normalized spacial score (nSPS) is 23.1. The fourth-order valence-corrected chi connectivity index (χ4v) is 3.12. The monoisotopic (exact) mass is 300 g/mol. The molecule has 0 aromatic heterocycles. The molecule has 21 heavy (non-hydrogen) atoms. The van der Waals surface area contributed by atoms with Gasteiger partial charge in [0.1, 0.15) is 0 Å². The Morgan fingerprint density at radius 1 is 1.10 bits per heavy atom. The maximum absolute atomic E-state index is 12.0. The summed E-state index contributed by atoms with van der Waals surface area (Å²) in [5.41, 5.74) is -0.139. The molecule has 0 aromatic rings. The van der Waals surface area contributed by atoms with Crippen LogP contribution < -0.4 is 10.6 Å². The highest BCUT2D eigenvalue weighted by Gasteiger charge is 2.37. The molecular formula is C15H28N2O4. The molecule has 0 aromatic carbocycles. The average Bonchev–Trinajstić information content (AvgIpc) is 2.48. The zero-order valence-corrected chi connectivity index (χ0v) is 13.2. The lowest BCUT2D eigenvalue weighted by Crippen LogP contribution is -2.52. The van der Waals surface area contributed by atoms with Crippen molar-refractivity contribution in [1.29, 1.82) is 0 Å². The van der Waals surface area contributed by atoms with Crippen molar-refractivity contribution in [3.63, 3.8) is 0 Å². The molecule has 0 unspecified atom stereocenters. The van der Waals surface area contributed by atoms with Gasteiger partial charge in [0.2, 0.25) is 0 Å². The fraction of sp³-hybridized carbons (Fsp3) is 0.933. The highest BCUT2D eigenvalue weighted by molar-refractivity contribution is 5.74. The summed E-state index contributed by atoms with van der Waals surface area (Å²) in [5.74, 6) is 0. The van der Waals surface area contributed by atoms with E-state index in [1.54, 1.807) is 14.2 Å². The molecule has 0 radical (unpaired) electrons. The first-order chi connectivity index (χ1) is 10.1. The van der Waals surface area contributed by atoms with Crippen LogP contribution in [-0.2, 0) is 14.2 Å². The van der Waals surface area contributed by atoms with Crippen molar-refractivity contribution in [2.24, 2.45) is 5.41 Å². The van der Waals surface area contributed by atoms with Crippen molar-refractivity contribution < 1.29 is 19.0 Å². The Balaban J connectivity index is 1.71. The molecule has 1 saturated heterocycles. The van der Waals surface area contributed by atoms with Crippen molar-refractivity contribution in [1.82, 2.24) is 10.6 Å². The summed E-state index contributed by atoms with van der Waals surface area (Å²) in [6, 6.07) is -0.125. The maximum atomic E-state index is 12.0. The number of hydrogen-bond donors (Lipinski definition) is 2. The van der Waals surface area contributed by atoms with Crippen LogP contribution in [0.4, 0.5) is 4.79 Å². The molecule has 2 aliphatic rings. The molecule has 6 heteroatoms. The minimum absolute atomic E-state index is 0.125. The zero-order valence-electron chi connectivity index (χ0n) is 13.2. The van der Waals surface area contributed by atoms with Gasteiger partial charge in [-0.15, -0.1) is 0 Å². The molecule has 2 fully saturated rings. The zero-order chi connectivity index (χ0) is 15.2. The Hall–Kier alpha value is -0.850. The van der Waals surface area contributed by atoms with Gasteiger partial charge < -0.3 is 24.8 Å². The topological polar surface area (TPSA) is 68.8 Å². The standard InChI is InChI=1S/C15H28N2O4/c1-19-12-14(4-3-5-14)10-16-13(18)17-11-15(20-2)6-8-21-9-7-15/h3-12H2,1-2H3,(H2,16,17,18). The third-order valence-corrected chi connectivity index (χ3v) is 4.90. The van der Waals surface area contributed by atoms with Crippen LogP contribution >= 0.6 is 0 Å². The molecule has 122 valence electrons. The molecule has 1 saturated carbocycles. The van der Waals surface area contributed by atoms with E-state index in [-0.39, 0.29) is 17.0 Å². The lowest BCUT2D eigenvalue weighted by molar-refractivity contribution is -0.0861. The van der Waals surface area contributed by atoms with Gasteiger partial charge in [0, 0.05) is 58.8 Å². The van der Waals surface area contributed by atoms with Crippen LogP contribution in [-0.4, -0.2) is 58.8 Å². The Labute approximate surface area is 126 Å². The third-order valence-electron chi connectivity index (χ3n) is 4.90. The Morgan fingerprint density at radius 3 is 2.29 bits per heavy atom. The molecule has 2 rings (SSSR count). The summed E-state index contributed by atoms with van der Waals surface area (Å²) in [5, 5.41) is 5.91. The summed E-state index contributed by atoms with van der Waals surface area (Å²) in [4.78, 5) is 12.0. The number of urea groups is 1. The van der Waals surface area contributed by atoms with Gasteiger partial charge in [0.05, 0.1) is 12.2 Å². The predicted molar refractivity (Wildman–Crippen MR) is 79.4 cm³/mol. The van der Waals surface area contributed by atoms with E-state index >= 15 is 0 Å². The molecule has 6 nitrogen and oxygen atoms in total. The summed E-state index contributed by atoms with van der Waals surface area (Å²) >= 11 is 0. The van der Waals surface area contributed by atoms with Crippen LogP contribution in [0.15, 0.2) is 0 Å². The van der Waals surface area contributed by atoms with E-state index in [0.717, 1.165) is 25.7 Å². The molecule has 1 aliphatic heterocycles. The van der Waals surface area contributed by atoms with Crippen LogP contribution in [0.3, 0.4) is 0 Å². The Bertz CT molecular complexity index is 339. The summed E-state index contributed by atoms with van der Waals surface area (Å²) in [6.45, 7) is 3.29. The number of ether oxygens (including phenoxy) is 3. The molecule has 2 N–H and O–H groups in total. The summed E-state index contributed by atoms with van der Waals surface area (Å²) < 4.78 is 16.2. The quantitative estimate of drug-likeness (QED) is 0.743. The number of methoxy groups -OCH3 is 2. The molecule has 0 atom stereocenters. The van der Waals surface area contributed by atoms with Crippen molar-refractivity contribution >= 4 is 6.03 Å². The second-order valence-corrected chi connectivity index (χ2v) is 6.32. The first-order valence-corrected chi connectivity index (χ1v) is 7.77. The van der Waals surface area contributed by atoms with Gasteiger partial charge in [0.25, 0.3) is 0 Å². The highest BCUT2D eigenvalue weighted by Crippen LogP contribution is 2.40. The Morgan fingerprint density at radius 2 is 1.76 bits per heavy atom. The Kier molecular flexibility index (Phi) is 5.84. The van der Waals surface area contributed by atoms with E-state index < -0.39 is 0 Å². The fourth-order valence-electron chi connectivity index (χ4n) is 3.12. The minimum atomic E-state index is -0.281. The van der Waals surface area contributed by atoms with E-state index in [0.29, 0.717) is 32.9 Å². The van der Waals surface area contributed by atoms with Gasteiger partial charge in [-0.25, -0.2) is 4.79 Å². The average molecular weight is 300 g/mol. The lowest BCUT2D eigenvalue weighted by atomic mass is 9.69. The summed E-state index contributed by atoms with van der Waals surface area (Å²) in [6.07, 6.45) is 5.11. The number of rotatable bonds is 7. The van der Waals surface area contributed by atoms with E-state index in [1.165, 1.54) is 6.42 Å². The van der Waals surface area contributed by atoms with Gasteiger partial charge >= 0.3 is 6.03 Å². The first kappa shape index (κ1) is 16.5. The van der Waals surface area contributed by atoms with Crippen LogP contribution in [0, 0.1) is 5.41 Å². The number of hydrogen-bond acceptors (Lipinski definition) is 4. The molecule has 2 amide bonds. The van der Waals surface area contributed by atoms with Crippen molar-refractivity contribution in [2.45, 2.75) is 37.7 Å². The van der Waals surface area contributed by atoms with E-state index in [9.17, 15) is 4.79 Å². The molecule has 1 aliphatic carbocycles. The molecule has 1 heterocycles. The van der Waals surface area contributed by atoms with Crippen LogP contribution in [0.1, 0.15) is 32.1 Å². The number of nitrogens with one attached hydrogen (secondary N) is 2. The summed E-state index contributed by atoms with van der Waals surface area (Å²) in [7, 11) is 3.42. The maximum Gasteiger partial charge on any atom is 0.314 e. The number of carbonyl (C=O) groups is 1. The van der Waals surface area contributed by atoms with Crippen molar-refractivity contribution in [3.05, 3.63) is 0 Å². The van der Waals surface area contributed by atoms with Gasteiger partial charge in [-0.1, -0.05) is 6.42 Å². The first-order valence-electron chi connectivity index (χ1n) is 7.77. The van der Waals surface area contributed by atoms with Crippen LogP contribution in [0.2, 0.25) is 0 Å². The van der Waals surface area contributed by atoms with Crippen molar-refractivity contribution in [3.8, 4) is 0 Å². The van der Waals surface area contributed by atoms with Crippen LogP contribution in [0.5, 0.6) is 0 Å². The molecule has 0 spiro atoms. The van der Waals surface area contributed by atoms with E-state index in [4.69, 9.17) is 14.2 Å². The predicted octanol–water partition coefficient (Wildman–Crippen LogP) is 1.30. The molecular weight excluding hydrogens is 272 g/mol. The number of amides is 2. The van der Waals surface area contributed by atoms with Crippen molar-refractivity contribution in [2.75, 3.05) is 47.1 Å². The van der Waals surface area contributed by atoms with E-state index in [2.05, 4.69) is 10.6 Å². The smallest absolute Gasteiger partial charge is 0.314 e. The number of carbonyl (C=O) groups excluding carboxylic acids is 1. The third kappa shape index (κ3) is 4.31. The lowest BCUT2D eigenvalue weighted by Gasteiger charge is -2.41. The van der Waals surface area contributed by atoms with Gasteiger partial charge in [-0.05, 0) is 12.8 Å². The van der Waals surface area contributed by atoms with Gasteiger partial charge in [0.15, 0.2) is 0 Å². The largest absolute Gasteiger partial charge is 0.384 e. The second-order valence-electron chi connectivity index (χ2n) is 6.32. The van der Waals surface area contributed by atoms with Gasteiger partial charge in [-0.3, -0.25) is 0 Å². The second kappa shape index (κ2) is 7.42. The SMILES string of the molecule is COCC1(CNC(=O)NCC2(OC)CCOCC2)CCC1. The van der Waals surface area contributed by atoms with E-state index in [1.807, 2.05) is 0 Å². The van der Waals surface area contributed by atoms with Gasteiger partial charge in [-0.2, -0.15) is 0 Å². The van der Waals surface area contributed by atoms with Crippen LogP contribution in [0.25, 0.3) is 0 Å². The molecule has 0 bridgehead atoms. The minimum Gasteiger partial charge on any atom is -0.384 e. The highest BCUT2D eigenvalue weighted by atomic mass is 16.5.